The van der Waals surface area contributed by atoms with Crippen LogP contribution in [0.3, 0.4) is 0 Å². The molecule has 0 fully saturated rings. The van der Waals surface area contributed by atoms with E-state index in [0.29, 0.717) is 47.7 Å². The third-order valence-corrected chi connectivity index (χ3v) is 3.94. The summed E-state index contributed by atoms with van der Waals surface area (Å²) in [6, 6.07) is 12.4. The Labute approximate surface area is 135 Å². The van der Waals surface area contributed by atoms with Crippen LogP contribution in [0.15, 0.2) is 42.5 Å². The molecule has 0 radical (unpaired) electrons. The minimum Gasteiger partial charge on any atom is -0.384 e. The van der Waals surface area contributed by atoms with Crippen molar-refractivity contribution in [3.63, 3.8) is 0 Å². The molecule has 0 bridgehead atoms. The number of hydrogen-bond acceptors (Lipinski definition) is 4. The highest BCUT2D eigenvalue weighted by Gasteiger charge is 2.31. The second kappa shape index (κ2) is 6.75. The van der Waals surface area contributed by atoms with Crippen LogP contribution < -0.4 is 5.32 Å². The van der Waals surface area contributed by atoms with E-state index in [4.69, 9.17) is 4.74 Å². The van der Waals surface area contributed by atoms with Gasteiger partial charge in [-0.1, -0.05) is 36.4 Å². The van der Waals surface area contributed by atoms with E-state index in [9.17, 15) is 9.59 Å². The molecule has 4 heteroatoms. The third-order valence-electron chi connectivity index (χ3n) is 3.94. The van der Waals surface area contributed by atoms with Crippen molar-refractivity contribution in [1.29, 1.82) is 0 Å². The maximum absolute atomic E-state index is 12.8. The van der Waals surface area contributed by atoms with Crippen LogP contribution in [0, 0.1) is 0 Å². The molecule has 0 heterocycles. The fourth-order valence-electron chi connectivity index (χ4n) is 2.83. The average molecular weight is 309 g/mol. The lowest BCUT2D eigenvalue weighted by Crippen LogP contribution is -2.22. The van der Waals surface area contributed by atoms with Crippen molar-refractivity contribution in [2.75, 3.05) is 25.1 Å². The summed E-state index contributed by atoms with van der Waals surface area (Å²) in [7, 11) is 0. The molecule has 0 amide bonds. The largest absolute Gasteiger partial charge is 0.384 e. The summed E-state index contributed by atoms with van der Waals surface area (Å²) in [5.41, 5.74) is 2.63. The summed E-state index contributed by atoms with van der Waals surface area (Å²) in [5, 5.41) is 3.26. The van der Waals surface area contributed by atoms with Gasteiger partial charge in [0.15, 0.2) is 11.6 Å². The fraction of sp³-hybridized carbons (Fsp3) is 0.263. The molecule has 118 valence electrons. The molecular formula is C19H19NO3. The zero-order valence-electron chi connectivity index (χ0n) is 13.1. The van der Waals surface area contributed by atoms with E-state index < -0.39 is 0 Å². The number of carbonyl (C=O) groups is 2. The van der Waals surface area contributed by atoms with Gasteiger partial charge in [0, 0.05) is 42.1 Å². The highest BCUT2D eigenvalue weighted by atomic mass is 16.5. The minimum absolute atomic E-state index is 0.0897. The molecule has 23 heavy (non-hydrogen) atoms. The molecule has 2 aromatic carbocycles. The van der Waals surface area contributed by atoms with Gasteiger partial charge in [-0.2, -0.15) is 0 Å². The number of benzene rings is 2. The van der Waals surface area contributed by atoms with E-state index in [1.165, 1.54) is 0 Å². The molecule has 1 N–H and O–H groups in total. The Bertz CT molecular complexity index is 752. The van der Waals surface area contributed by atoms with Gasteiger partial charge >= 0.3 is 0 Å². The summed E-state index contributed by atoms with van der Waals surface area (Å²) in [4.78, 5) is 25.4. The first kappa shape index (κ1) is 15.4. The summed E-state index contributed by atoms with van der Waals surface area (Å²) in [6.07, 6.45) is 0.843. The summed E-state index contributed by atoms with van der Waals surface area (Å²) in [6.45, 7) is 4.03. The SMILES string of the molecule is CCOCCCNc1cccc2c1C(=O)c1ccccc1C2=O. The molecule has 2 aromatic rings. The van der Waals surface area contributed by atoms with Crippen LogP contribution in [0.1, 0.15) is 45.2 Å². The lowest BCUT2D eigenvalue weighted by Gasteiger charge is -2.20. The Hall–Kier alpha value is -2.46. The van der Waals surface area contributed by atoms with Gasteiger partial charge in [-0.15, -0.1) is 0 Å². The number of fused-ring (bicyclic) bond motifs is 2. The molecule has 0 unspecified atom stereocenters. The van der Waals surface area contributed by atoms with E-state index in [1.54, 1.807) is 30.3 Å². The topological polar surface area (TPSA) is 55.4 Å². The molecule has 3 rings (SSSR count). The Morgan fingerprint density at radius 3 is 2.35 bits per heavy atom. The lowest BCUT2D eigenvalue weighted by atomic mass is 9.83. The molecule has 0 spiro atoms. The van der Waals surface area contributed by atoms with Gasteiger partial charge in [0.2, 0.25) is 0 Å². The summed E-state index contributed by atoms with van der Waals surface area (Å²) < 4.78 is 5.31. The van der Waals surface area contributed by atoms with E-state index in [2.05, 4.69) is 5.32 Å². The number of hydrogen-bond donors (Lipinski definition) is 1. The average Bonchev–Trinajstić information content (AvgIpc) is 2.59. The molecule has 0 aliphatic heterocycles. The number of ketones is 2. The minimum atomic E-state index is -0.0943. The zero-order valence-corrected chi connectivity index (χ0v) is 13.1. The Balaban J connectivity index is 1.88. The predicted molar refractivity (Wildman–Crippen MR) is 89.3 cm³/mol. The van der Waals surface area contributed by atoms with Crippen LogP contribution in [0.25, 0.3) is 0 Å². The van der Waals surface area contributed by atoms with Crippen molar-refractivity contribution >= 4 is 17.3 Å². The second-order valence-corrected chi connectivity index (χ2v) is 5.41. The first-order valence-electron chi connectivity index (χ1n) is 7.87. The quantitative estimate of drug-likeness (QED) is 0.710. The first-order valence-corrected chi connectivity index (χ1v) is 7.87. The molecule has 0 saturated heterocycles. The van der Waals surface area contributed by atoms with Gasteiger partial charge in [0.1, 0.15) is 0 Å². The van der Waals surface area contributed by atoms with Gasteiger partial charge in [-0.3, -0.25) is 9.59 Å². The molecule has 1 aliphatic carbocycles. The number of rotatable bonds is 6. The Kier molecular flexibility index (Phi) is 4.53. The summed E-state index contributed by atoms with van der Waals surface area (Å²) >= 11 is 0. The smallest absolute Gasteiger partial charge is 0.196 e. The van der Waals surface area contributed by atoms with Gasteiger partial charge in [0.25, 0.3) is 0 Å². The van der Waals surface area contributed by atoms with Crippen LogP contribution in [-0.4, -0.2) is 31.3 Å². The van der Waals surface area contributed by atoms with Crippen LogP contribution in [0.5, 0.6) is 0 Å². The Morgan fingerprint density at radius 2 is 1.61 bits per heavy atom. The molecule has 0 atom stereocenters. The lowest BCUT2D eigenvalue weighted by molar-refractivity contribution is 0.0979. The van der Waals surface area contributed by atoms with Crippen LogP contribution >= 0.6 is 0 Å². The fourth-order valence-corrected chi connectivity index (χ4v) is 2.83. The maximum Gasteiger partial charge on any atom is 0.196 e. The van der Waals surface area contributed by atoms with E-state index >= 15 is 0 Å². The highest BCUT2D eigenvalue weighted by molar-refractivity contribution is 6.30. The van der Waals surface area contributed by atoms with Crippen molar-refractivity contribution < 1.29 is 14.3 Å². The number of nitrogens with one attached hydrogen (secondary N) is 1. The van der Waals surface area contributed by atoms with Gasteiger partial charge in [-0.25, -0.2) is 0 Å². The van der Waals surface area contributed by atoms with Crippen molar-refractivity contribution in [2.24, 2.45) is 0 Å². The molecule has 1 aliphatic rings. The van der Waals surface area contributed by atoms with Crippen molar-refractivity contribution in [3.05, 3.63) is 64.7 Å². The third kappa shape index (κ3) is 2.90. The van der Waals surface area contributed by atoms with E-state index in [-0.39, 0.29) is 11.6 Å². The van der Waals surface area contributed by atoms with Crippen LogP contribution in [0.4, 0.5) is 5.69 Å². The highest BCUT2D eigenvalue weighted by Crippen LogP contribution is 2.31. The van der Waals surface area contributed by atoms with Gasteiger partial charge in [-0.05, 0) is 19.4 Å². The van der Waals surface area contributed by atoms with Gasteiger partial charge in [0.05, 0.1) is 5.56 Å². The standard InChI is InChI=1S/C19H19NO3/c1-2-23-12-6-11-20-16-10-5-9-15-17(16)19(22)14-8-4-3-7-13(14)18(15)21/h3-5,7-10,20H,2,6,11-12H2,1H3. The Morgan fingerprint density at radius 1 is 0.913 bits per heavy atom. The number of carbonyl (C=O) groups excluding carboxylic acids is 2. The van der Waals surface area contributed by atoms with Gasteiger partial charge < -0.3 is 10.1 Å². The van der Waals surface area contributed by atoms with Crippen molar-refractivity contribution in [2.45, 2.75) is 13.3 Å². The zero-order chi connectivity index (χ0) is 16.2. The molecule has 4 nitrogen and oxygen atoms in total. The van der Waals surface area contributed by atoms with E-state index in [0.717, 1.165) is 6.42 Å². The maximum atomic E-state index is 12.8. The molecule has 0 aromatic heterocycles. The van der Waals surface area contributed by atoms with E-state index in [1.807, 2.05) is 19.1 Å². The number of ether oxygens (including phenoxy) is 1. The normalized spacial score (nSPS) is 12.7. The van der Waals surface area contributed by atoms with Crippen LogP contribution in [0.2, 0.25) is 0 Å². The van der Waals surface area contributed by atoms with Crippen molar-refractivity contribution in [3.8, 4) is 0 Å². The predicted octanol–water partition coefficient (Wildman–Crippen LogP) is 3.30. The monoisotopic (exact) mass is 309 g/mol. The number of anilines is 1. The molecule has 0 saturated carbocycles. The molecular weight excluding hydrogens is 290 g/mol. The summed E-state index contributed by atoms with van der Waals surface area (Å²) in [5.74, 6) is -0.184. The van der Waals surface area contributed by atoms with Crippen LogP contribution in [-0.2, 0) is 4.74 Å². The second-order valence-electron chi connectivity index (χ2n) is 5.41. The van der Waals surface area contributed by atoms with Crippen molar-refractivity contribution in [1.82, 2.24) is 0 Å². The first-order chi connectivity index (χ1) is 11.2.